The first-order valence-electron chi connectivity index (χ1n) is 5.32. The van der Waals surface area contributed by atoms with Crippen LogP contribution in [0.2, 0.25) is 0 Å². The van der Waals surface area contributed by atoms with Gasteiger partial charge in [-0.25, -0.2) is 4.57 Å². The van der Waals surface area contributed by atoms with Gasteiger partial charge in [0.25, 0.3) is 5.91 Å². The topological polar surface area (TPSA) is 115 Å². The van der Waals surface area contributed by atoms with Crippen molar-refractivity contribution in [3.63, 3.8) is 0 Å². The van der Waals surface area contributed by atoms with Crippen LogP contribution in [0.4, 0.5) is 5.82 Å². The van der Waals surface area contributed by atoms with E-state index in [1.54, 1.807) is 0 Å². The van der Waals surface area contributed by atoms with Gasteiger partial charge in [-0.05, 0) is 11.0 Å². The van der Waals surface area contributed by atoms with Crippen LogP contribution in [0, 0.1) is 10.1 Å². The number of carbonyl (C=O) groups is 3. The molecule has 0 radical (unpaired) electrons. The van der Waals surface area contributed by atoms with Gasteiger partial charge >= 0.3 is 5.82 Å². The molecule has 0 saturated carbocycles. The summed E-state index contributed by atoms with van der Waals surface area (Å²) in [5.74, 6) is -1.99. The minimum atomic E-state index is -0.620. The summed E-state index contributed by atoms with van der Waals surface area (Å²) < 4.78 is 1.11. The number of nitrogens with zero attached hydrogens (tertiary/aromatic N) is 3. The lowest BCUT2D eigenvalue weighted by atomic mass is 10.3. The Kier molecular flexibility index (Phi) is 3.03. The summed E-state index contributed by atoms with van der Waals surface area (Å²) in [6.07, 6.45) is 0. The Bertz CT molecular complexity index is 575. The maximum absolute atomic E-state index is 12.1. The van der Waals surface area contributed by atoms with Gasteiger partial charge < -0.3 is 15.0 Å². The predicted octanol–water partition coefficient (Wildman–Crippen LogP) is -0.968. The molecule has 0 aromatic carbocycles. The summed E-state index contributed by atoms with van der Waals surface area (Å²) in [6, 6.07) is 2.48. The molecule has 1 N–H and O–H groups in total. The van der Waals surface area contributed by atoms with E-state index in [0.29, 0.717) is 0 Å². The van der Waals surface area contributed by atoms with Crippen LogP contribution in [0.15, 0.2) is 12.1 Å². The Morgan fingerprint density at radius 3 is 2.37 bits per heavy atom. The normalized spacial score (nSPS) is 15.3. The molecule has 3 amide bonds. The van der Waals surface area contributed by atoms with E-state index in [2.05, 4.69) is 5.32 Å². The highest BCUT2D eigenvalue weighted by Crippen LogP contribution is 2.17. The second-order valence-electron chi connectivity index (χ2n) is 4.03. The van der Waals surface area contributed by atoms with Crippen LogP contribution in [0.1, 0.15) is 10.5 Å². The van der Waals surface area contributed by atoms with Crippen molar-refractivity contribution in [2.24, 2.45) is 7.05 Å². The van der Waals surface area contributed by atoms with Crippen LogP contribution in [0.5, 0.6) is 0 Å². The van der Waals surface area contributed by atoms with Crippen molar-refractivity contribution in [1.29, 1.82) is 0 Å². The van der Waals surface area contributed by atoms with Crippen molar-refractivity contribution >= 4 is 23.5 Å². The molecule has 0 atom stereocenters. The Hall–Kier alpha value is -2.71. The lowest BCUT2D eigenvalue weighted by Gasteiger charge is -2.24. The SMILES string of the molecule is Cn1c(C(=O)N2CC(=O)NC(=O)C2)ccc1[N+](=O)[O-]. The quantitative estimate of drug-likeness (QED) is 0.420. The molecule has 1 fully saturated rings. The zero-order chi connectivity index (χ0) is 14.2. The van der Waals surface area contributed by atoms with Crippen molar-refractivity contribution < 1.29 is 19.3 Å². The van der Waals surface area contributed by atoms with Crippen molar-refractivity contribution in [2.75, 3.05) is 13.1 Å². The van der Waals surface area contributed by atoms with Crippen molar-refractivity contribution in [3.05, 3.63) is 27.9 Å². The molecule has 0 aliphatic carbocycles. The average Bonchev–Trinajstić information content (AvgIpc) is 2.69. The molecule has 9 nitrogen and oxygen atoms in total. The lowest BCUT2D eigenvalue weighted by Crippen LogP contribution is -2.53. The number of nitrogens with one attached hydrogen (secondary N) is 1. The average molecular weight is 266 g/mol. The zero-order valence-electron chi connectivity index (χ0n) is 9.95. The van der Waals surface area contributed by atoms with Crippen LogP contribution >= 0.6 is 0 Å². The van der Waals surface area contributed by atoms with Crippen molar-refractivity contribution in [2.45, 2.75) is 0 Å². The molecule has 2 heterocycles. The number of imide groups is 1. The smallest absolute Gasteiger partial charge is 0.323 e. The van der Waals surface area contributed by atoms with E-state index in [4.69, 9.17) is 0 Å². The maximum atomic E-state index is 12.1. The number of carbonyl (C=O) groups excluding carboxylic acids is 3. The third kappa shape index (κ3) is 2.30. The highest BCUT2D eigenvalue weighted by molar-refractivity contribution is 6.05. The number of rotatable bonds is 2. The first-order chi connectivity index (χ1) is 8.90. The van der Waals surface area contributed by atoms with Gasteiger partial charge in [0.2, 0.25) is 11.8 Å². The third-order valence-corrected chi connectivity index (χ3v) is 2.74. The van der Waals surface area contributed by atoms with E-state index in [0.717, 1.165) is 9.47 Å². The number of amides is 3. The minimum absolute atomic E-state index is 0.0502. The number of nitro groups is 1. The van der Waals surface area contributed by atoms with Gasteiger partial charge in [-0.2, -0.15) is 0 Å². The van der Waals surface area contributed by atoms with Crippen molar-refractivity contribution in [3.8, 4) is 0 Å². The predicted molar refractivity (Wildman–Crippen MR) is 61.1 cm³/mol. The van der Waals surface area contributed by atoms with E-state index in [1.165, 1.54) is 19.2 Å². The molecule has 0 spiro atoms. The zero-order valence-corrected chi connectivity index (χ0v) is 9.95. The molecule has 19 heavy (non-hydrogen) atoms. The summed E-state index contributed by atoms with van der Waals surface area (Å²) in [7, 11) is 1.37. The van der Waals surface area contributed by atoms with Gasteiger partial charge in [-0.15, -0.1) is 0 Å². The summed E-state index contributed by atoms with van der Waals surface area (Å²) in [5.41, 5.74) is 0.0502. The molecule has 100 valence electrons. The van der Waals surface area contributed by atoms with Gasteiger partial charge in [0, 0.05) is 6.07 Å². The van der Waals surface area contributed by atoms with Crippen molar-refractivity contribution in [1.82, 2.24) is 14.8 Å². The fourth-order valence-corrected chi connectivity index (χ4v) is 1.84. The van der Waals surface area contributed by atoms with Gasteiger partial charge in [-0.3, -0.25) is 19.7 Å². The molecule has 9 heteroatoms. The molecule has 1 aromatic heterocycles. The van der Waals surface area contributed by atoms with Crippen LogP contribution in [-0.2, 0) is 16.6 Å². The Morgan fingerprint density at radius 2 is 1.89 bits per heavy atom. The fraction of sp³-hybridized carbons (Fsp3) is 0.300. The molecular weight excluding hydrogens is 256 g/mol. The Morgan fingerprint density at radius 1 is 1.32 bits per heavy atom. The fourth-order valence-electron chi connectivity index (χ4n) is 1.84. The summed E-state index contributed by atoms with van der Waals surface area (Å²) in [5, 5.41) is 12.7. The lowest BCUT2D eigenvalue weighted by molar-refractivity contribution is -0.391. The minimum Gasteiger partial charge on any atom is -0.358 e. The van der Waals surface area contributed by atoms with Crippen LogP contribution in [-0.4, -0.2) is 45.2 Å². The van der Waals surface area contributed by atoms with Crippen LogP contribution in [0.25, 0.3) is 0 Å². The van der Waals surface area contributed by atoms with E-state index >= 15 is 0 Å². The molecule has 1 aliphatic rings. The first kappa shape index (κ1) is 12.7. The van der Waals surface area contributed by atoms with Gasteiger partial charge in [-0.1, -0.05) is 0 Å². The molecular formula is C10H10N4O5. The van der Waals surface area contributed by atoms with E-state index in [-0.39, 0.29) is 24.6 Å². The largest absolute Gasteiger partial charge is 0.358 e. The molecule has 2 rings (SSSR count). The monoisotopic (exact) mass is 266 g/mol. The summed E-state index contributed by atoms with van der Waals surface area (Å²) in [4.78, 5) is 45.6. The Labute approximate surface area is 106 Å². The van der Waals surface area contributed by atoms with Gasteiger partial charge in [0.1, 0.15) is 13.1 Å². The van der Waals surface area contributed by atoms with E-state index in [1.807, 2.05) is 0 Å². The first-order valence-corrected chi connectivity index (χ1v) is 5.32. The third-order valence-electron chi connectivity index (χ3n) is 2.74. The second-order valence-corrected chi connectivity index (χ2v) is 4.03. The van der Waals surface area contributed by atoms with Gasteiger partial charge in [0.15, 0.2) is 5.69 Å². The van der Waals surface area contributed by atoms with E-state index < -0.39 is 22.6 Å². The second kappa shape index (κ2) is 4.52. The molecule has 0 unspecified atom stereocenters. The summed E-state index contributed by atoms with van der Waals surface area (Å²) in [6.45, 7) is -0.493. The van der Waals surface area contributed by atoms with Crippen LogP contribution in [0.3, 0.4) is 0 Å². The number of hydrogen-bond donors (Lipinski definition) is 1. The molecule has 1 aromatic rings. The number of hydrogen-bond acceptors (Lipinski definition) is 5. The van der Waals surface area contributed by atoms with Gasteiger partial charge in [0.05, 0.1) is 7.05 Å². The van der Waals surface area contributed by atoms with Crippen LogP contribution < -0.4 is 5.32 Å². The Balaban J connectivity index is 2.27. The highest BCUT2D eigenvalue weighted by atomic mass is 16.6. The molecule has 1 aliphatic heterocycles. The maximum Gasteiger partial charge on any atom is 0.323 e. The molecule has 1 saturated heterocycles. The van der Waals surface area contributed by atoms with E-state index in [9.17, 15) is 24.5 Å². The highest BCUT2D eigenvalue weighted by Gasteiger charge is 2.31. The molecule has 0 bridgehead atoms. The number of piperazine rings is 1. The standard InChI is InChI=1S/C10H10N4O5/c1-12-6(2-3-9(12)14(18)19)10(17)13-4-7(15)11-8(16)5-13/h2-3H,4-5H2,1H3,(H,11,15,16). The number of aromatic nitrogens is 1. The summed E-state index contributed by atoms with van der Waals surface area (Å²) >= 11 is 0.